The molecule has 1 aromatic heterocycles. The summed E-state index contributed by atoms with van der Waals surface area (Å²) in [7, 11) is 0. The van der Waals surface area contributed by atoms with E-state index in [4.69, 9.17) is 0 Å². The molecule has 1 aliphatic rings. The minimum absolute atomic E-state index is 0.0865. The lowest BCUT2D eigenvalue weighted by atomic mass is 10.0. The number of para-hydroxylation sites is 1. The van der Waals surface area contributed by atoms with E-state index in [1.165, 1.54) is 5.56 Å². The van der Waals surface area contributed by atoms with Gasteiger partial charge in [0.25, 0.3) is 5.91 Å². The van der Waals surface area contributed by atoms with E-state index < -0.39 is 0 Å². The molecule has 3 rings (SSSR count). The Morgan fingerprint density at radius 1 is 1.18 bits per heavy atom. The van der Waals surface area contributed by atoms with Crippen LogP contribution in [0.5, 0.6) is 0 Å². The van der Waals surface area contributed by atoms with Crippen LogP contribution in [0.1, 0.15) is 48.7 Å². The summed E-state index contributed by atoms with van der Waals surface area (Å²) in [4.78, 5) is 16.2. The third-order valence-corrected chi connectivity index (χ3v) is 3.77. The molecule has 4 heteroatoms. The Balaban J connectivity index is 1.72. The highest BCUT2D eigenvalue weighted by Gasteiger charge is 2.24. The smallest absolute Gasteiger partial charge is 0.270 e. The van der Waals surface area contributed by atoms with E-state index in [0.29, 0.717) is 17.7 Å². The van der Waals surface area contributed by atoms with Crippen LogP contribution >= 0.6 is 0 Å². The first-order valence-corrected chi connectivity index (χ1v) is 7.76. The van der Waals surface area contributed by atoms with Crippen LogP contribution in [0.4, 0.5) is 11.4 Å². The number of aromatic nitrogens is 1. The first kappa shape index (κ1) is 14.6. The molecule has 0 atom stereocenters. The lowest BCUT2D eigenvalue weighted by Gasteiger charge is -2.14. The van der Waals surface area contributed by atoms with Crippen molar-refractivity contribution in [2.75, 3.05) is 5.32 Å². The van der Waals surface area contributed by atoms with Gasteiger partial charge < -0.3 is 10.6 Å². The molecule has 0 bridgehead atoms. The number of hydrogen-bond acceptors (Lipinski definition) is 3. The molecule has 114 valence electrons. The summed E-state index contributed by atoms with van der Waals surface area (Å²) in [6.07, 6.45) is 3.87. The molecule has 22 heavy (non-hydrogen) atoms. The van der Waals surface area contributed by atoms with Crippen molar-refractivity contribution < 1.29 is 4.79 Å². The number of hydrogen-bond donors (Lipinski definition) is 2. The maximum atomic E-state index is 11.9. The Morgan fingerprint density at radius 3 is 2.59 bits per heavy atom. The zero-order chi connectivity index (χ0) is 15.5. The van der Waals surface area contributed by atoms with Crippen LogP contribution in [-0.2, 0) is 0 Å². The number of amides is 1. The lowest BCUT2D eigenvalue weighted by molar-refractivity contribution is 0.0946. The maximum Gasteiger partial charge on any atom is 0.270 e. The molecule has 2 aromatic rings. The largest absolute Gasteiger partial charge is 0.354 e. The average molecular weight is 295 g/mol. The van der Waals surface area contributed by atoms with E-state index in [0.717, 1.165) is 24.2 Å². The zero-order valence-electron chi connectivity index (χ0n) is 13.0. The summed E-state index contributed by atoms with van der Waals surface area (Å²) in [6.45, 7) is 4.34. The van der Waals surface area contributed by atoms with Crippen LogP contribution in [0.3, 0.4) is 0 Å². The molecule has 1 heterocycles. The molecule has 1 amide bonds. The van der Waals surface area contributed by atoms with Gasteiger partial charge in [0.1, 0.15) is 5.69 Å². The average Bonchev–Trinajstić information content (AvgIpc) is 3.32. The van der Waals surface area contributed by atoms with Crippen molar-refractivity contribution in [2.24, 2.45) is 0 Å². The van der Waals surface area contributed by atoms with Crippen LogP contribution < -0.4 is 10.6 Å². The fraction of sp³-hybridized carbons (Fsp3) is 0.333. The van der Waals surface area contributed by atoms with Crippen LogP contribution in [0.15, 0.2) is 42.6 Å². The van der Waals surface area contributed by atoms with Crippen molar-refractivity contribution >= 4 is 17.3 Å². The molecule has 1 saturated carbocycles. The molecule has 0 radical (unpaired) electrons. The normalized spacial score (nSPS) is 14.0. The predicted octanol–water partition coefficient (Wildman–Crippen LogP) is 3.84. The Bertz CT molecular complexity index is 660. The predicted molar refractivity (Wildman–Crippen MR) is 88.5 cm³/mol. The highest BCUT2D eigenvalue weighted by atomic mass is 16.2. The third-order valence-electron chi connectivity index (χ3n) is 3.77. The van der Waals surface area contributed by atoms with Gasteiger partial charge in [-0.25, -0.2) is 4.98 Å². The second-order valence-corrected chi connectivity index (χ2v) is 6.05. The van der Waals surface area contributed by atoms with E-state index in [1.54, 1.807) is 12.3 Å². The van der Waals surface area contributed by atoms with Gasteiger partial charge in [-0.2, -0.15) is 0 Å². The monoisotopic (exact) mass is 295 g/mol. The van der Waals surface area contributed by atoms with E-state index in [2.05, 4.69) is 41.6 Å². The van der Waals surface area contributed by atoms with Gasteiger partial charge in [0.15, 0.2) is 0 Å². The quantitative estimate of drug-likeness (QED) is 0.881. The Labute approximate surface area is 131 Å². The molecule has 1 aliphatic carbocycles. The van der Waals surface area contributed by atoms with Gasteiger partial charge >= 0.3 is 0 Å². The molecule has 4 nitrogen and oxygen atoms in total. The second-order valence-electron chi connectivity index (χ2n) is 6.05. The van der Waals surface area contributed by atoms with Crippen molar-refractivity contribution in [1.29, 1.82) is 0 Å². The highest BCUT2D eigenvalue weighted by molar-refractivity contribution is 5.92. The standard InChI is InChI=1S/C18H21N3O/c1-12(2)15-5-3-4-6-16(15)20-14-9-10-17(19-11-14)18(22)21-13-7-8-13/h3-6,9-13,20H,7-8H2,1-2H3,(H,21,22). The van der Waals surface area contributed by atoms with Gasteiger partial charge in [-0.1, -0.05) is 32.0 Å². The van der Waals surface area contributed by atoms with Gasteiger partial charge in [0.05, 0.1) is 11.9 Å². The molecule has 0 saturated heterocycles. The third kappa shape index (κ3) is 3.45. The summed E-state index contributed by atoms with van der Waals surface area (Å²) in [5, 5.41) is 6.32. The molecule has 1 aromatic carbocycles. The summed E-state index contributed by atoms with van der Waals surface area (Å²) in [5.41, 5.74) is 3.69. The van der Waals surface area contributed by atoms with Crippen molar-refractivity contribution in [3.05, 3.63) is 53.9 Å². The van der Waals surface area contributed by atoms with E-state index >= 15 is 0 Å². The van der Waals surface area contributed by atoms with Crippen molar-refractivity contribution in [3.8, 4) is 0 Å². The Morgan fingerprint density at radius 2 is 1.95 bits per heavy atom. The molecule has 0 spiro atoms. The number of benzene rings is 1. The van der Waals surface area contributed by atoms with Crippen LogP contribution in [0.25, 0.3) is 0 Å². The molecule has 2 N–H and O–H groups in total. The molecule has 0 unspecified atom stereocenters. The zero-order valence-corrected chi connectivity index (χ0v) is 13.0. The SMILES string of the molecule is CC(C)c1ccccc1Nc1ccc(C(=O)NC2CC2)nc1. The summed E-state index contributed by atoms with van der Waals surface area (Å²) < 4.78 is 0. The fourth-order valence-corrected chi connectivity index (χ4v) is 2.36. The van der Waals surface area contributed by atoms with Crippen molar-refractivity contribution in [2.45, 2.75) is 38.6 Å². The minimum Gasteiger partial charge on any atom is -0.354 e. The van der Waals surface area contributed by atoms with Gasteiger partial charge in [-0.3, -0.25) is 4.79 Å². The van der Waals surface area contributed by atoms with E-state index in [9.17, 15) is 4.79 Å². The van der Waals surface area contributed by atoms with Crippen LogP contribution in [0.2, 0.25) is 0 Å². The maximum absolute atomic E-state index is 11.9. The summed E-state index contributed by atoms with van der Waals surface area (Å²) in [6, 6.07) is 12.2. The number of nitrogens with one attached hydrogen (secondary N) is 2. The summed E-state index contributed by atoms with van der Waals surface area (Å²) >= 11 is 0. The van der Waals surface area contributed by atoms with E-state index in [-0.39, 0.29) is 5.91 Å². The topological polar surface area (TPSA) is 54.0 Å². The number of rotatable bonds is 5. The van der Waals surface area contributed by atoms with Gasteiger partial charge in [-0.05, 0) is 42.5 Å². The van der Waals surface area contributed by atoms with Gasteiger partial charge in [-0.15, -0.1) is 0 Å². The molecule has 0 aliphatic heterocycles. The van der Waals surface area contributed by atoms with Gasteiger partial charge in [0.2, 0.25) is 0 Å². The van der Waals surface area contributed by atoms with Crippen LogP contribution in [-0.4, -0.2) is 16.9 Å². The van der Waals surface area contributed by atoms with Crippen molar-refractivity contribution in [3.63, 3.8) is 0 Å². The Hall–Kier alpha value is -2.36. The van der Waals surface area contributed by atoms with Crippen molar-refractivity contribution in [1.82, 2.24) is 10.3 Å². The van der Waals surface area contributed by atoms with Gasteiger partial charge in [0, 0.05) is 11.7 Å². The first-order chi connectivity index (χ1) is 10.6. The number of anilines is 2. The summed E-state index contributed by atoms with van der Waals surface area (Å²) in [5.74, 6) is 0.358. The Kier molecular flexibility index (Phi) is 4.09. The number of carbonyl (C=O) groups is 1. The number of nitrogens with zero attached hydrogens (tertiary/aromatic N) is 1. The lowest BCUT2D eigenvalue weighted by Crippen LogP contribution is -2.26. The van der Waals surface area contributed by atoms with Crippen LogP contribution in [0, 0.1) is 0 Å². The number of carbonyl (C=O) groups excluding carboxylic acids is 1. The minimum atomic E-state index is -0.0865. The molecular formula is C18H21N3O. The van der Waals surface area contributed by atoms with E-state index in [1.807, 2.05) is 18.2 Å². The number of pyridine rings is 1. The second kappa shape index (κ2) is 6.18. The first-order valence-electron chi connectivity index (χ1n) is 7.76. The molecule has 1 fully saturated rings. The molecular weight excluding hydrogens is 274 g/mol. The highest BCUT2D eigenvalue weighted by Crippen LogP contribution is 2.26. The fourth-order valence-electron chi connectivity index (χ4n) is 2.36.